The van der Waals surface area contributed by atoms with E-state index in [0.29, 0.717) is 18.7 Å². The van der Waals surface area contributed by atoms with Crippen molar-refractivity contribution >= 4 is 21.4 Å². The molecule has 0 aliphatic rings. The Hall–Kier alpha value is -1.40. The minimum atomic E-state index is -3.25. The van der Waals surface area contributed by atoms with Gasteiger partial charge in [-0.3, -0.25) is 4.79 Å². The van der Waals surface area contributed by atoms with E-state index in [1.165, 1.54) is 12.1 Å². The van der Waals surface area contributed by atoms with Crippen molar-refractivity contribution in [3.8, 4) is 0 Å². The number of amides is 1. The fourth-order valence-corrected chi connectivity index (χ4v) is 2.30. The van der Waals surface area contributed by atoms with E-state index >= 15 is 0 Å². The maximum absolute atomic E-state index is 11.6. The van der Waals surface area contributed by atoms with Crippen LogP contribution in [0, 0.1) is 0 Å². The number of benzene rings is 1. The molecule has 19 heavy (non-hydrogen) atoms. The van der Waals surface area contributed by atoms with Crippen LogP contribution in [0.25, 0.3) is 0 Å². The number of nitrogens with one attached hydrogen (secondary N) is 1. The van der Waals surface area contributed by atoms with Crippen molar-refractivity contribution in [2.45, 2.75) is 30.6 Å². The van der Waals surface area contributed by atoms with Crippen molar-refractivity contribution in [3.05, 3.63) is 24.3 Å². The van der Waals surface area contributed by atoms with Gasteiger partial charge in [0.1, 0.15) is 0 Å². The SMILES string of the molecule is CS(=O)(=O)c1cccc(NC(=O)CCCCCN)c1. The van der Waals surface area contributed by atoms with Crippen molar-refractivity contribution < 1.29 is 13.2 Å². The number of unbranched alkanes of at least 4 members (excludes halogenated alkanes) is 2. The Balaban J connectivity index is 2.55. The van der Waals surface area contributed by atoms with Crippen molar-refractivity contribution in [2.75, 3.05) is 18.1 Å². The Bertz CT molecular complexity index is 526. The molecule has 0 spiro atoms. The third kappa shape index (κ3) is 5.85. The number of rotatable bonds is 7. The van der Waals surface area contributed by atoms with E-state index in [9.17, 15) is 13.2 Å². The summed E-state index contributed by atoms with van der Waals surface area (Å²) >= 11 is 0. The molecule has 0 bridgehead atoms. The Kier molecular flexibility index (Phi) is 5.98. The summed E-state index contributed by atoms with van der Waals surface area (Å²) in [4.78, 5) is 11.8. The van der Waals surface area contributed by atoms with E-state index < -0.39 is 9.84 Å². The zero-order valence-corrected chi connectivity index (χ0v) is 11.9. The highest BCUT2D eigenvalue weighted by Gasteiger charge is 2.08. The van der Waals surface area contributed by atoms with Crippen LogP contribution >= 0.6 is 0 Å². The summed E-state index contributed by atoms with van der Waals surface area (Å²) in [6, 6.07) is 6.26. The Labute approximate surface area is 114 Å². The third-order valence-corrected chi connectivity index (χ3v) is 3.76. The minimum absolute atomic E-state index is 0.109. The molecule has 1 aromatic carbocycles. The molecule has 1 rings (SSSR count). The lowest BCUT2D eigenvalue weighted by Gasteiger charge is -2.06. The molecule has 0 radical (unpaired) electrons. The maximum Gasteiger partial charge on any atom is 0.224 e. The number of carbonyl (C=O) groups is 1. The molecule has 0 atom stereocenters. The molecule has 0 saturated carbocycles. The summed E-state index contributed by atoms with van der Waals surface area (Å²) in [5.41, 5.74) is 5.88. The Morgan fingerprint density at radius 1 is 1.26 bits per heavy atom. The van der Waals surface area contributed by atoms with E-state index in [-0.39, 0.29) is 10.8 Å². The van der Waals surface area contributed by atoms with Crippen LogP contribution in [-0.4, -0.2) is 27.1 Å². The molecule has 0 saturated heterocycles. The van der Waals surface area contributed by atoms with Gasteiger partial charge < -0.3 is 11.1 Å². The minimum Gasteiger partial charge on any atom is -0.330 e. The topological polar surface area (TPSA) is 89.3 Å². The largest absolute Gasteiger partial charge is 0.330 e. The van der Waals surface area contributed by atoms with Gasteiger partial charge in [0.2, 0.25) is 5.91 Å². The van der Waals surface area contributed by atoms with E-state index in [1.54, 1.807) is 12.1 Å². The van der Waals surface area contributed by atoms with Crippen molar-refractivity contribution in [3.63, 3.8) is 0 Å². The van der Waals surface area contributed by atoms with Crippen molar-refractivity contribution in [1.82, 2.24) is 0 Å². The lowest BCUT2D eigenvalue weighted by Crippen LogP contribution is -2.11. The highest BCUT2D eigenvalue weighted by atomic mass is 32.2. The maximum atomic E-state index is 11.6. The first-order valence-electron chi connectivity index (χ1n) is 6.23. The standard InChI is InChI=1S/C13H20N2O3S/c1-19(17,18)12-7-5-6-11(10-12)15-13(16)8-3-2-4-9-14/h5-7,10H,2-4,8-9,14H2,1H3,(H,15,16). The number of nitrogens with two attached hydrogens (primary N) is 1. The summed E-state index contributed by atoms with van der Waals surface area (Å²) in [6.07, 6.45) is 4.18. The van der Waals surface area contributed by atoms with Crippen LogP contribution in [0.15, 0.2) is 29.2 Å². The van der Waals surface area contributed by atoms with Gasteiger partial charge in [-0.15, -0.1) is 0 Å². The number of hydrogen-bond donors (Lipinski definition) is 2. The third-order valence-electron chi connectivity index (χ3n) is 2.65. The molecule has 106 valence electrons. The van der Waals surface area contributed by atoms with Gasteiger partial charge in [0.25, 0.3) is 0 Å². The van der Waals surface area contributed by atoms with Crippen LogP contribution in [-0.2, 0) is 14.6 Å². The zero-order valence-electron chi connectivity index (χ0n) is 11.1. The second-order valence-corrected chi connectivity index (χ2v) is 6.46. The van der Waals surface area contributed by atoms with Crippen LogP contribution < -0.4 is 11.1 Å². The molecule has 1 amide bonds. The van der Waals surface area contributed by atoms with Crippen LogP contribution in [0.1, 0.15) is 25.7 Å². The molecule has 1 aromatic rings. The molecule has 0 aliphatic heterocycles. The van der Waals surface area contributed by atoms with Gasteiger partial charge in [0, 0.05) is 18.4 Å². The number of anilines is 1. The smallest absolute Gasteiger partial charge is 0.224 e. The predicted molar refractivity (Wildman–Crippen MR) is 75.7 cm³/mol. The molecule has 0 aromatic heterocycles. The average Bonchev–Trinajstić information content (AvgIpc) is 2.34. The molecule has 6 heteroatoms. The zero-order chi connectivity index (χ0) is 14.3. The predicted octanol–water partition coefficient (Wildman–Crippen LogP) is 1.55. The van der Waals surface area contributed by atoms with E-state index in [4.69, 9.17) is 5.73 Å². The van der Waals surface area contributed by atoms with E-state index in [1.807, 2.05) is 0 Å². The normalized spacial score (nSPS) is 11.3. The van der Waals surface area contributed by atoms with Crippen molar-refractivity contribution in [2.24, 2.45) is 5.73 Å². The van der Waals surface area contributed by atoms with E-state index in [0.717, 1.165) is 25.5 Å². The fraction of sp³-hybridized carbons (Fsp3) is 0.462. The highest BCUT2D eigenvalue weighted by molar-refractivity contribution is 7.90. The van der Waals surface area contributed by atoms with E-state index in [2.05, 4.69) is 5.32 Å². The van der Waals surface area contributed by atoms with Crippen LogP contribution in [0.4, 0.5) is 5.69 Å². The molecule has 0 unspecified atom stereocenters. The number of carbonyl (C=O) groups excluding carboxylic acids is 1. The van der Waals surface area contributed by atoms with Gasteiger partial charge in [-0.25, -0.2) is 8.42 Å². The number of sulfone groups is 1. The van der Waals surface area contributed by atoms with Crippen LogP contribution in [0.5, 0.6) is 0 Å². The summed E-state index contributed by atoms with van der Waals surface area (Å²) in [5, 5.41) is 2.70. The van der Waals surface area contributed by atoms with Gasteiger partial charge in [-0.2, -0.15) is 0 Å². The molecule has 5 nitrogen and oxygen atoms in total. The second kappa shape index (κ2) is 7.25. The summed E-state index contributed by atoms with van der Waals surface area (Å²) in [7, 11) is -3.25. The molecule has 0 fully saturated rings. The monoisotopic (exact) mass is 284 g/mol. The molecular formula is C13H20N2O3S. The van der Waals surface area contributed by atoms with Gasteiger partial charge in [-0.05, 0) is 37.6 Å². The highest BCUT2D eigenvalue weighted by Crippen LogP contribution is 2.15. The second-order valence-electron chi connectivity index (χ2n) is 4.45. The molecular weight excluding hydrogens is 264 g/mol. The van der Waals surface area contributed by atoms with Crippen LogP contribution in [0.3, 0.4) is 0 Å². The van der Waals surface area contributed by atoms with Gasteiger partial charge in [-0.1, -0.05) is 12.5 Å². The Morgan fingerprint density at radius 3 is 2.63 bits per heavy atom. The fourth-order valence-electron chi connectivity index (χ4n) is 1.63. The molecule has 0 aliphatic carbocycles. The first-order valence-corrected chi connectivity index (χ1v) is 8.12. The Morgan fingerprint density at radius 2 is 2.00 bits per heavy atom. The first kappa shape index (κ1) is 15.7. The van der Waals surface area contributed by atoms with Gasteiger partial charge >= 0.3 is 0 Å². The quantitative estimate of drug-likeness (QED) is 0.743. The molecule has 0 heterocycles. The number of hydrogen-bond acceptors (Lipinski definition) is 4. The summed E-state index contributed by atoms with van der Waals surface area (Å²) in [5.74, 6) is -0.109. The van der Waals surface area contributed by atoms with Gasteiger partial charge in [0.15, 0.2) is 9.84 Å². The first-order chi connectivity index (χ1) is 8.93. The lowest BCUT2D eigenvalue weighted by molar-refractivity contribution is -0.116. The summed E-state index contributed by atoms with van der Waals surface area (Å²) in [6.45, 7) is 0.637. The summed E-state index contributed by atoms with van der Waals surface area (Å²) < 4.78 is 22.8. The van der Waals surface area contributed by atoms with Gasteiger partial charge in [0.05, 0.1) is 4.90 Å². The average molecular weight is 284 g/mol. The lowest BCUT2D eigenvalue weighted by atomic mass is 10.2. The van der Waals surface area contributed by atoms with Crippen molar-refractivity contribution in [1.29, 1.82) is 0 Å². The molecule has 3 N–H and O–H groups in total. The van der Waals surface area contributed by atoms with Crippen LogP contribution in [0.2, 0.25) is 0 Å².